The summed E-state index contributed by atoms with van der Waals surface area (Å²) in [6.07, 6.45) is 3.31. The number of allylic oxidation sites excluding steroid dienone is 1. The van der Waals surface area contributed by atoms with Crippen molar-refractivity contribution in [2.75, 3.05) is 6.54 Å². The van der Waals surface area contributed by atoms with Crippen molar-refractivity contribution in [3.8, 4) is 0 Å². The van der Waals surface area contributed by atoms with Crippen molar-refractivity contribution in [1.82, 2.24) is 4.90 Å². The monoisotopic (exact) mass is 171 g/mol. The summed E-state index contributed by atoms with van der Waals surface area (Å²) in [5.74, 6) is 0.0608. The molecule has 0 aliphatic carbocycles. The second-order valence-corrected chi connectivity index (χ2v) is 3.79. The van der Waals surface area contributed by atoms with Gasteiger partial charge in [-0.25, -0.2) is 4.39 Å². The standard InChI is InChI=1S/C10H18FN/c1-8(2)12-6-4-5-10(11)7-9(12)3/h7-9H,4-6H2,1-3H3. The minimum atomic E-state index is 0.0608. The Kier molecular flexibility index (Phi) is 3.27. The molecular formula is C10H18FN. The quantitative estimate of drug-likeness (QED) is 0.586. The molecule has 12 heavy (non-hydrogen) atoms. The highest BCUT2D eigenvalue weighted by molar-refractivity contribution is 5.01. The summed E-state index contributed by atoms with van der Waals surface area (Å²) in [5, 5.41) is 0. The van der Waals surface area contributed by atoms with Crippen molar-refractivity contribution in [2.24, 2.45) is 0 Å². The van der Waals surface area contributed by atoms with Crippen molar-refractivity contribution in [3.05, 3.63) is 11.9 Å². The highest BCUT2D eigenvalue weighted by atomic mass is 19.1. The SMILES string of the molecule is CC(C)N1CCCC(F)=CC1C. The predicted molar refractivity (Wildman–Crippen MR) is 49.7 cm³/mol. The zero-order chi connectivity index (χ0) is 9.14. The molecule has 0 spiro atoms. The summed E-state index contributed by atoms with van der Waals surface area (Å²) in [6, 6.07) is 0.773. The summed E-state index contributed by atoms with van der Waals surface area (Å²) < 4.78 is 13.0. The Morgan fingerprint density at radius 2 is 2.25 bits per heavy atom. The van der Waals surface area contributed by atoms with Gasteiger partial charge in [0, 0.05) is 18.5 Å². The van der Waals surface area contributed by atoms with Crippen LogP contribution in [0.25, 0.3) is 0 Å². The van der Waals surface area contributed by atoms with Gasteiger partial charge in [0.1, 0.15) is 0 Å². The Bertz CT molecular complexity index is 175. The lowest BCUT2D eigenvalue weighted by molar-refractivity contribution is 0.194. The molecule has 0 fully saturated rings. The second kappa shape index (κ2) is 4.04. The van der Waals surface area contributed by atoms with Crippen LogP contribution < -0.4 is 0 Å². The smallest absolute Gasteiger partial charge is 0.0975 e. The first-order valence-electron chi connectivity index (χ1n) is 4.73. The predicted octanol–water partition coefficient (Wildman–Crippen LogP) is 2.73. The zero-order valence-corrected chi connectivity index (χ0v) is 8.18. The molecule has 1 aliphatic heterocycles. The molecule has 1 atom stereocenters. The van der Waals surface area contributed by atoms with E-state index in [1.54, 1.807) is 6.08 Å². The largest absolute Gasteiger partial charge is 0.295 e. The molecule has 0 aromatic carbocycles. The fourth-order valence-corrected chi connectivity index (χ4v) is 1.80. The Balaban J connectivity index is 2.65. The van der Waals surface area contributed by atoms with Crippen LogP contribution >= 0.6 is 0 Å². The van der Waals surface area contributed by atoms with Crippen molar-refractivity contribution in [3.63, 3.8) is 0 Å². The fraction of sp³-hybridized carbons (Fsp3) is 0.800. The van der Waals surface area contributed by atoms with Crippen LogP contribution in [0.1, 0.15) is 33.6 Å². The van der Waals surface area contributed by atoms with Crippen LogP contribution in [0.5, 0.6) is 0 Å². The van der Waals surface area contributed by atoms with Gasteiger partial charge in [0.25, 0.3) is 0 Å². The van der Waals surface area contributed by atoms with Gasteiger partial charge in [-0.3, -0.25) is 4.90 Å². The van der Waals surface area contributed by atoms with Crippen molar-refractivity contribution >= 4 is 0 Å². The highest BCUT2D eigenvalue weighted by Crippen LogP contribution is 2.18. The van der Waals surface area contributed by atoms with Gasteiger partial charge >= 0.3 is 0 Å². The molecule has 0 saturated carbocycles. The maximum absolute atomic E-state index is 13.0. The fourth-order valence-electron chi connectivity index (χ4n) is 1.80. The van der Waals surface area contributed by atoms with E-state index in [0.29, 0.717) is 12.5 Å². The first kappa shape index (κ1) is 9.72. The lowest BCUT2D eigenvalue weighted by atomic mass is 10.2. The van der Waals surface area contributed by atoms with E-state index in [9.17, 15) is 4.39 Å². The summed E-state index contributed by atoms with van der Waals surface area (Å²) in [7, 11) is 0. The third-order valence-corrected chi connectivity index (χ3v) is 2.44. The van der Waals surface area contributed by atoms with Crippen LogP contribution in [0, 0.1) is 0 Å². The third-order valence-electron chi connectivity index (χ3n) is 2.44. The second-order valence-electron chi connectivity index (χ2n) is 3.79. The maximum atomic E-state index is 13.0. The molecule has 1 unspecified atom stereocenters. The molecular weight excluding hydrogens is 153 g/mol. The Labute approximate surface area is 74.3 Å². The molecule has 1 aliphatic rings. The van der Waals surface area contributed by atoms with E-state index in [1.165, 1.54) is 0 Å². The van der Waals surface area contributed by atoms with E-state index in [2.05, 4.69) is 25.7 Å². The number of nitrogens with zero attached hydrogens (tertiary/aromatic N) is 1. The normalized spacial score (nSPS) is 27.1. The zero-order valence-electron chi connectivity index (χ0n) is 8.18. The lowest BCUT2D eigenvalue weighted by Gasteiger charge is -2.29. The minimum Gasteiger partial charge on any atom is -0.295 e. The van der Waals surface area contributed by atoms with Gasteiger partial charge in [-0.2, -0.15) is 0 Å². The maximum Gasteiger partial charge on any atom is 0.0975 e. The van der Waals surface area contributed by atoms with Crippen LogP contribution in [0.3, 0.4) is 0 Å². The van der Waals surface area contributed by atoms with Gasteiger partial charge in [0.15, 0.2) is 0 Å². The van der Waals surface area contributed by atoms with Crippen molar-refractivity contribution in [2.45, 2.75) is 45.7 Å². The average molecular weight is 171 g/mol. The summed E-state index contributed by atoms with van der Waals surface area (Å²) >= 11 is 0. The van der Waals surface area contributed by atoms with Gasteiger partial charge < -0.3 is 0 Å². The Hall–Kier alpha value is -0.370. The molecule has 0 bridgehead atoms. The van der Waals surface area contributed by atoms with Crippen molar-refractivity contribution < 1.29 is 4.39 Å². The van der Waals surface area contributed by atoms with Crippen LogP contribution in [0.15, 0.2) is 11.9 Å². The molecule has 1 rings (SSSR count). The Morgan fingerprint density at radius 1 is 1.58 bits per heavy atom. The van der Waals surface area contributed by atoms with Crippen LogP contribution in [-0.4, -0.2) is 23.5 Å². The summed E-state index contributed by atoms with van der Waals surface area (Å²) in [6.45, 7) is 7.40. The molecule has 0 amide bonds. The molecule has 0 saturated heterocycles. The van der Waals surface area contributed by atoms with Crippen LogP contribution in [-0.2, 0) is 0 Å². The molecule has 0 N–H and O–H groups in total. The number of rotatable bonds is 1. The summed E-state index contributed by atoms with van der Waals surface area (Å²) in [5.41, 5.74) is 0. The molecule has 0 radical (unpaired) electrons. The van der Waals surface area contributed by atoms with E-state index in [-0.39, 0.29) is 11.9 Å². The van der Waals surface area contributed by atoms with Crippen LogP contribution in [0.2, 0.25) is 0 Å². The lowest BCUT2D eigenvalue weighted by Crippen LogP contribution is -2.37. The van der Waals surface area contributed by atoms with Gasteiger partial charge in [-0.05, 0) is 39.8 Å². The number of hydrogen-bond acceptors (Lipinski definition) is 1. The van der Waals surface area contributed by atoms with Gasteiger partial charge in [0.05, 0.1) is 5.83 Å². The van der Waals surface area contributed by atoms with Gasteiger partial charge in [-0.1, -0.05) is 0 Å². The van der Waals surface area contributed by atoms with E-state index in [4.69, 9.17) is 0 Å². The van der Waals surface area contributed by atoms with Gasteiger partial charge in [0.2, 0.25) is 0 Å². The molecule has 70 valence electrons. The highest BCUT2D eigenvalue weighted by Gasteiger charge is 2.18. The Morgan fingerprint density at radius 3 is 2.83 bits per heavy atom. The minimum absolute atomic E-state index is 0.0608. The molecule has 2 heteroatoms. The molecule has 0 aromatic rings. The van der Waals surface area contributed by atoms with Crippen LogP contribution in [0.4, 0.5) is 4.39 Å². The molecule has 1 nitrogen and oxygen atoms in total. The van der Waals surface area contributed by atoms with E-state index >= 15 is 0 Å². The molecule has 1 heterocycles. The van der Waals surface area contributed by atoms with E-state index in [0.717, 1.165) is 13.0 Å². The number of hydrogen-bond donors (Lipinski definition) is 0. The summed E-state index contributed by atoms with van der Waals surface area (Å²) in [4.78, 5) is 2.33. The molecule has 0 aromatic heterocycles. The number of halogens is 1. The first-order valence-corrected chi connectivity index (χ1v) is 4.73. The van der Waals surface area contributed by atoms with E-state index in [1.807, 2.05) is 0 Å². The van der Waals surface area contributed by atoms with Gasteiger partial charge in [-0.15, -0.1) is 0 Å². The third kappa shape index (κ3) is 2.31. The first-order chi connectivity index (χ1) is 5.61. The average Bonchev–Trinajstić information content (AvgIpc) is 2.10. The van der Waals surface area contributed by atoms with E-state index < -0.39 is 0 Å². The van der Waals surface area contributed by atoms with Crippen molar-refractivity contribution in [1.29, 1.82) is 0 Å². The topological polar surface area (TPSA) is 3.24 Å².